The van der Waals surface area contributed by atoms with Gasteiger partial charge in [0.15, 0.2) is 6.29 Å². The van der Waals surface area contributed by atoms with Gasteiger partial charge in [-0.25, -0.2) is 0 Å². The number of unbranched alkanes of at least 4 members (excludes halogenated alkanes) is 1. The predicted octanol–water partition coefficient (Wildman–Crippen LogP) is -1.37. The van der Waals surface area contributed by atoms with Crippen molar-refractivity contribution < 1.29 is 39.8 Å². The lowest BCUT2D eigenvalue weighted by Crippen LogP contribution is -2.59. The van der Waals surface area contributed by atoms with Crippen molar-refractivity contribution in [3.8, 4) is 11.8 Å². The Morgan fingerprint density at radius 3 is 2.47 bits per heavy atom. The van der Waals surface area contributed by atoms with E-state index >= 15 is 0 Å². The van der Waals surface area contributed by atoms with E-state index in [-0.39, 0.29) is 25.7 Å². The molecule has 1 saturated heterocycles. The van der Waals surface area contributed by atoms with Crippen LogP contribution in [0.5, 0.6) is 0 Å². The molecule has 0 aliphatic carbocycles. The van der Waals surface area contributed by atoms with Gasteiger partial charge < -0.3 is 40.3 Å². The number of nitrogens with one attached hydrogen (secondary N) is 1. The molecule has 2 rings (SSSR count). The Kier molecular flexibility index (Phi) is 10.2. The van der Waals surface area contributed by atoms with Crippen LogP contribution in [0.15, 0.2) is 24.3 Å². The van der Waals surface area contributed by atoms with Gasteiger partial charge >= 0.3 is 0 Å². The van der Waals surface area contributed by atoms with Gasteiger partial charge in [0.1, 0.15) is 24.4 Å². The zero-order valence-corrected chi connectivity index (χ0v) is 16.6. The average molecular weight is 423 g/mol. The maximum Gasteiger partial charge on any atom is 0.220 e. The van der Waals surface area contributed by atoms with Gasteiger partial charge in [-0.2, -0.15) is 0 Å². The summed E-state index contributed by atoms with van der Waals surface area (Å²) in [6.07, 6.45) is -4.92. The van der Waals surface area contributed by atoms with E-state index in [2.05, 4.69) is 17.2 Å². The average Bonchev–Trinajstić information content (AvgIpc) is 2.75. The van der Waals surface area contributed by atoms with E-state index in [0.29, 0.717) is 19.3 Å². The molecule has 1 heterocycles. The van der Waals surface area contributed by atoms with Crippen molar-refractivity contribution in [1.29, 1.82) is 0 Å². The quantitative estimate of drug-likeness (QED) is 0.211. The van der Waals surface area contributed by atoms with Crippen molar-refractivity contribution in [1.82, 2.24) is 5.32 Å². The number of rotatable bonds is 9. The molecule has 30 heavy (non-hydrogen) atoms. The van der Waals surface area contributed by atoms with Gasteiger partial charge in [0, 0.05) is 18.6 Å². The van der Waals surface area contributed by atoms with Crippen LogP contribution in [0.25, 0.3) is 0 Å². The van der Waals surface area contributed by atoms with Crippen molar-refractivity contribution in [3.05, 3.63) is 35.4 Å². The first-order valence-corrected chi connectivity index (χ1v) is 9.83. The Balaban J connectivity index is 1.78. The summed E-state index contributed by atoms with van der Waals surface area (Å²) in [4.78, 5) is 11.5. The van der Waals surface area contributed by atoms with Gasteiger partial charge in [-0.05, 0) is 30.5 Å². The summed E-state index contributed by atoms with van der Waals surface area (Å²) in [5.41, 5.74) is 1.52. The smallest absolute Gasteiger partial charge is 0.220 e. The van der Waals surface area contributed by atoms with Crippen molar-refractivity contribution in [2.24, 2.45) is 0 Å². The summed E-state index contributed by atoms with van der Waals surface area (Å²) in [6, 6.07) is 7.12. The number of hydrogen-bond acceptors (Lipinski definition) is 8. The molecule has 0 bridgehead atoms. The van der Waals surface area contributed by atoms with Gasteiger partial charge in [0.2, 0.25) is 5.91 Å². The predicted molar refractivity (Wildman–Crippen MR) is 106 cm³/mol. The molecule has 1 aliphatic heterocycles. The minimum Gasteiger partial charge on any atom is -0.396 e. The summed E-state index contributed by atoms with van der Waals surface area (Å²) >= 11 is 0. The van der Waals surface area contributed by atoms with Crippen LogP contribution in [-0.2, 0) is 20.9 Å². The molecule has 166 valence electrons. The van der Waals surface area contributed by atoms with Gasteiger partial charge in [-0.1, -0.05) is 24.0 Å². The lowest BCUT2D eigenvalue weighted by molar-refractivity contribution is -0.304. The maximum atomic E-state index is 11.5. The van der Waals surface area contributed by atoms with Gasteiger partial charge in [-0.15, -0.1) is 0 Å². The maximum absolute atomic E-state index is 11.5. The number of benzene rings is 1. The van der Waals surface area contributed by atoms with Crippen molar-refractivity contribution in [2.75, 3.05) is 19.8 Å². The van der Waals surface area contributed by atoms with Gasteiger partial charge in [0.05, 0.1) is 19.8 Å². The number of ether oxygens (including phenoxy) is 2. The molecule has 9 heteroatoms. The van der Waals surface area contributed by atoms with E-state index in [9.17, 15) is 25.2 Å². The number of aliphatic hydroxyl groups excluding tert-OH is 5. The van der Waals surface area contributed by atoms with Gasteiger partial charge in [-0.3, -0.25) is 4.79 Å². The van der Waals surface area contributed by atoms with Gasteiger partial charge in [0.25, 0.3) is 0 Å². The molecule has 0 spiro atoms. The van der Waals surface area contributed by atoms with Crippen LogP contribution in [0, 0.1) is 11.8 Å². The third-order valence-corrected chi connectivity index (χ3v) is 4.64. The topological polar surface area (TPSA) is 149 Å². The SMILES string of the molecule is O=C(CCCCO)NCC#Cc1ccc(CO[C@H]2O[C@H](CO)[C@@H](O)[C@H](O)[C@@H]2O)cc1. The molecule has 1 fully saturated rings. The Hall–Kier alpha value is -2.03. The van der Waals surface area contributed by atoms with Crippen LogP contribution in [0.4, 0.5) is 0 Å². The second kappa shape index (κ2) is 12.6. The highest BCUT2D eigenvalue weighted by Crippen LogP contribution is 2.22. The summed E-state index contributed by atoms with van der Waals surface area (Å²) < 4.78 is 10.8. The van der Waals surface area contributed by atoms with E-state index < -0.39 is 37.3 Å². The minimum absolute atomic E-state index is 0.0800. The Morgan fingerprint density at radius 2 is 1.80 bits per heavy atom. The fourth-order valence-corrected chi connectivity index (χ4v) is 2.84. The molecule has 9 nitrogen and oxygen atoms in total. The lowest BCUT2D eigenvalue weighted by Gasteiger charge is -2.39. The monoisotopic (exact) mass is 423 g/mol. The van der Waals surface area contributed by atoms with Crippen molar-refractivity contribution in [3.63, 3.8) is 0 Å². The molecular weight excluding hydrogens is 394 g/mol. The molecule has 6 N–H and O–H groups in total. The summed E-state index contributed by atoms with van der Waals surface area (Å²) in [5.74, 6) is 5.70. The molecule has 1 aromatic carbocycles. The first kappa shape index (κ1) is 24.2. The first-order chi connectivity index (χ1) is 14.5. The molecule has 1 aromatic rings. The molecule has 1 amide bonds. The molecule has 0 aromatic heterocycles. The highest BCUT2D eigenvalue weighted by atomic mass is 16.7. The highest BCUT2D eigenvalue weighted by molar-refractivity contribution is 5.76. The molecular formula is C21H29NO8. The largest absolute Gasteiger partial charge is 0.396 e. The summed E-state index contributed by atoms with van der Waals surface area (Å²) in [7, 11) is 0. The second-order valence-electron chi connectivity index (χ2n) is 6.96. The molecule has 1 aliphatic rings. The van der Waals surface area contributed by atoms with Crippen LogP contribution in [0.1, 0.15) is 30.4 Å². The highest BCUT2D eigenvalue weighted by Gasteiger charge is 2.43. The summed E-state index contributed by atoms with van der Waals surface area (Å²) in [6.45, 7) is -0.113. The van der Waals surface area contributed by atoms with Crippen LogP contribution in [0.3, 0.4) is 0 Å². The van der Waals surface area contributed by atoms with Crippen LogP contribution >= 0.6 is 0 Å². The fourth-order valence-electron chi connectivity index (χ4n) is 2.84. The number of carbonyl (C=O) groups excluding carboxylic acids is 1. The number of amides is 1. The number of aliphatic hydroxyl groups is 5. The van der Waals surface area contributed by atoms with Crippen LogP contribution in [0.2, 0.25) is 0 Å². The van der Waals surface area contributed by atoms with E-state index in [1.807, 2.05) is 0 Å². The first-order valence-electron chi connectivity index (χ1n) is 9.83. The normalized spacial score (nSPS) is 26.0. The summed E-state index contributed by atoms with van der Waals surface area (Å²) in [5, 5.41) is 50.1. The molecule has 0 radical (unpaired) electrons. The minimum atomic E-state index is -1.48. The van der Waals surface area contributed by atoms with Crippen molar-refractivity contribution in [2.45, 2.75) is 56.6 Å². The van der Waals surface area contributed by atoms with E-state index in [0.717, 1.165) is 11.1 Å². The number of hydrogen-bond donors (Lipinski definition) is 6. The second-order valence-corrected chi connectivity index (χ2v) is 6.96. The standard InChI is InChI=1S/C21H29NO8/c23-11-2-1-5-17(25)22-10-3-4-14-6-8-15(9-7-14)13-29-21-20(28)19(27)18(26)16(12-24)30-21/h6-9,16,18-21,23-24,26-28H,1-2,5,10-13H2,(H,22,25)/t16-,18-,19+,20+,21+/m1/s1. The zero-order valence-electron chi connectivity index (χ0n) is 16.6. The molecule has 0 saturated carbocycles. The van der Waals surface area contributed by atoms with E-state index in [4.69, 9.17) is 14.6 Å². The van der Waals surface area contributed by atoms with Crippen LogP contribution < -0.4 is 5.32 Å². The fraction of sp³-hybridized carbons (Fsp3) is 0.571. The zero-order chi connectivity index (χ0) is 21.9. The van der Waals surface area contributed by atoms with E-state index in [1.165, 1.54) is 0 Å². The Morgan fingerprint density at radius 1 is 1.07 bits per heavy atom. The van der Waals surface area contributed by atoms with Crippen LogP contribution in [-0.4, -0.2) is 81.9 Å². The number of carbonyl (C=O) groups is 1. The Labute approximate surface area is 175 Å². The molecule has 0 unspecified atom stereocenters. The third kappa shape index (κ3) is 7.34. The Bertz CT molecular complexity index is 712. The van der Waals surface area contributed by atoms with Crippen molar-refractivity contribution >= 4 is 5.91 Å². The van der Waals surface area contributed by atoms with E-state index in [1.54, 1.807) is 24.3 Å². The lowest BCUT2D eigenvalue weighted by atomic mass is 9.99. The third-order valence-electron chi connectivity index (χ3n) is 4.64. The molecule has 5 atom stereocenters.